The number of carbonyl (C=O) groups excluding carboxylic acids is 1. The SMILES string of the molecule is C=CCOc1ccc(C2(C)NC(=O)c3ccccc3N2)cc1. The molecule has 4 nitrogen and oxygen atoms in total. The Morgan fingerprint density at radius 3 is 2.59 bits per heavy atom. The van der Waals surface area contributed by atoms with Gasteiger partial charge in [0.05, 0.1) is 5.56 Å². The van der Waals surface area contributed by atoms with E-state index < -0.39 is 5.66 Å². The first-order valence-corrected chi connectivity index (χ1v) is 7.16. The van der Waals surface area contributed by atoms with Crippen molar-refractivity contribution in [3.63, 3.8) is 0 Å². The minimum atomic E-state index is -0.650. The monoisotopic (exact) mass is 294 g/mol. The lowest BCUT2D eigenvalue weighted by Gasteiger charge is -2.38. The molecule has 0 saturated carbocycles. The Bertz CT molecular complexity index is 709. The highest BCUT2D eigenvalue weighted by Crippen LogP contribution is 2.31. The third-order valence-electron chi connectivity index (χ3n) is 3.72. The summed E-state index contributed by atoms with van der Waals surface area (Å²) in [7, 11) is 0. The van der Waals surface area contributed by atoms with Gasteiger partial charge in [-0.05, 0) is 36.8 Å². The molecule has 22 heavy (non-hydrogen) atoms. The van der Waals surface area contributed by atoms with Crippen LogP contribution in [0.4, 0.5) is 5.69 Å². The Hall–Kier alpha value is -2.75. The van der Waals surface area contributed by atoms with Gasteiger partial charge >= 0.3 is 0 Å². The number of carbonyl (C=O) groups is 1. The van der Waals surface area contributed by atoms with Crippen molar-refractivity contribution in [3.8, 4) is 5.75 Å². The number of nitrogens with one attached hydrogen (secondary N) is 2. The molecule has 1 amide bonds. The van der Waals surface area contributed by atoms with Gasteiger partial charge in [0.2, 0.25) is 0 Å². The van der Waals surface area contributed by atoms with Crippen molar-refractivity contribution < 1.29 is 9.53 Å². The van der Waals surface area contributed by atoms with Gasteiger partial charge in [0.25, 0.3) is 5.91 Å². The topological polar surface area (TPSA) is 50.4 Å². The summed E-state index contributed by atoms with van der Waals surface area (Å²) in [6.07, 6.45) is 1.70. The maximum absolute atomic E-state index is 12.3. The van der Waals surface area contributed by atoms with Gasteiger partial charge in [-0.2, -0.15) is 0 Å². The third kappa shape index (κ3) is 2.55. The fraction of sp³-hybridized carbons (Fsp3) is 0.167. The van der Waals surface area contributed by atoms with Crippen molar-refractivity contribution in [2.45, 2.75) is 12.6 Å². The van der Waals surface area contributed by atoms with Crippen LogP contribution >= 0.6 is 0 Å². The van der Waals surface area contributed by atoms with E-state index in [-0.39, 0.29) is 5.91 Å². The molecule has 0 aliphatic carbocycles. The number of anilines is 1. The van der Waals surface area contributed by atoms with Crippen LogP contribution in [0.5, 0.6) is 5.75 Å². The summed E-state index contributed by atoms with van der Waals surface area (Å²) in [6.45, 7) is 6.04. The minimum absolute atomic E-state index is 0.0798. The molecule has 3 rings (SSSR count). The Morgan fingerprint density at radius 1 is 1.14 bits per heavy atom. The van der Waals surface area contributed by atoms with Gasteiger partial charge in [0.15, 0.2) is 0 Å². The van der Waals surface area contributed by atoms with E-state index in [4.69, 9.17) is 4.74 Å². The summed E-state index contributed by atoms with van der Waals surface area (Å²) >= 11 is 0. The highest BCUT2D eigenvalue weighted by molar-refractivity contribution is 6.02. The van der Waals surface area contributed by atoms with Gasteiger partial charge in [-0.25, -0.2) is 0 Å². The van der Waals surface area contributed by atoms with Gasteiger partial charge in [0.1, 0.15) is 18.0 Å². The predicted molar refractivity (Wildman–Crippen MR) is 87.0 cm³/mol. The predicted octanol–water partition coefficient (Wildman–Crippen LogP) is 3.28. The molecule has 2 N–H and O–H groups in total. The molecule has 1 aliphatic heterocycles. The Balaban J connectivity index is 1.88. The second-order valence-corrected chi connectivity index (χ2v) is 5.37. The summed E-state index contributed by atoms with van der Waals surface area (Å²) in [4.78, 5) is 12.3. The number of hydrogen-bond acceptors (Lipinski definition) is 3. The average molecular weight is 294 g/mol. The largest absolute Gasteiger partial charge is 0.490 e. The molecule has 0 fully saturated rings. The van der Waals surface area contributed by atoms with Gasteiger partial charge in [0, 0.05) is 5.69 Å². The molecule has 4 heteroatoms. The number of para-hydroxylation sites is 1. The minimum Gasteiger partial charge on any atom is -0.490 e. The number of amides is 1. The lowest BCUT2D eigenvalue weighted by atomic mass is 9.96. The van der Waals surface area contributed by atoms with E-state index in [0.717, 1.165) is 17.0 Å². The van der Waals surface area contributed by atoms with E-state index in [1.54, 1.807) is 6.08 Å². The van der Waals surface area contributed by atoms with Crippen molar-refractivity contribution in [3.05, 3.63) is 72.3 Å². The van der Waals surface area contributed by atoms with Crippen molar-refractivity contribution in [1.29, 1.82) is 0 Å². The van der Waals surface area contributed by atoms with Crippen molar-refractivity contribution in [2.24, 2.45) is 0 Å². The maximum Gasteiger partial charge on any atom is 0.255 e. The van der Waals surface area contributed by atoms with E-state index >= 15 is 0 Å². The molecule has 1 atom stereocenters. The van der Waals surface area contributed by atoms with E-state index in [1.165, 1.54) is 0 Å². The van der Waals surface area contributed by atoms with Crippen LogP contribution in [-0.4, -0.2) is 12.5 Å². The number of hydrogen-bond donors (Lipinski definition) is 2. The molecule has 0 aromatic heterocycles. The summed E-state index contributed by atoms with van der Waals surface area (Å²) in [6, 6.07) is 15.2. The standard InChI is InChI=1S/C18H18N2O2/c1-3-12-22-14-10-8-13(9-11-14)18(2)19-16-7-5-4-6-15(16)17(21)20-18/h3-11,19H,1,12H2,2H3,(H,20,21). The molecule has 0 radical (unpaired) electrons. The summed E-state index contributed by atoms with van der Waals surface area (Å²) in [5.74, 6) is 0.693. The van der Waals surface area contributed by atoms with Crippen LogP contribution in [0.1, 0.15) is 22.8 Å². The van der Waals surface area contributed by atoms with E-state index in [1.807, 2.05) is 55.5 Å². The van der Waals surface area contributed by atoms with E-state index in [9.17, 15) is 4.79 Å². The fourth-order valence-corrected chi connectivity index (χ4v) is 2.57. The maximum atomic E-state index is 12.3. The zero-order valence-corrected chi connectivity index (χ0v) is 12.4. The van der Waals surface area contributed by atoms with E-state index in [0.29, 0.717) is 12.2 Å². The highest BCUT2D eigenvalue weighted by Gasteiger charge is 2.34. The number of fused-ring (bicyclic) bond motifs is 1. The molecule has 2 aromatic carbocycles. The molecule has 0 bridgehead atoms. The van der Waals surface area contributed by atoms with Gasteiger partial charge in [-0.15, -0.1) is 0 Å². The molecule has 1 aliphatic rings. The number of rotatable bonds is 4. The Labute approximate surface area is 129 Å². The quantitative estimate of drug-likeness (QED) is 0.851. The first kappa shape index (κ1) is 14.2. The van der Waals surface area contributed by atoms with Crippen LogP contribution < -0.4 is 15.4 Å². The molecule has 2 aromatic rings. The number of ether oxygens (including phenoxy) is 1. The normalized spacial score (nSPS) is 19.6. The van der Waals surface area contributed by atoms with E-state index in [2.05, 4.69) is 17.2 Å². The van der Waals surface area contributed by atoms with Crippen LogP contribution in [0.25, 0.3) is 0 Å². The van der Waals surface area contributed by atoms with Crippen LogP contribution in [0.2, 0.25) is 0 Å². The average Bonchev–Trinajstić information content (AvgIpc) is 2.53. The third-order valence-corrected chi connectivity index (χ3v) is 3.72. The lowest BCUT2D eigenvalue weighted by Crippen LogP contribution is -2.52. The number of benzene rings is 2. The first-order chi connectivity index (χ1) is 10.6. The van der Waals surface area contributed by atoms with Crippen LogP contribution in [0.3, 0.4) is 0 Å². The summed E-state index contributed by atoms with van der Waals surface area (Å²) in [5, 5.41) is 6.41. The van der Waals surface area contributed by atoms with Crippen molar-refractivity contribution in [1.82, 2.24) is 5.32 Å². The van der Waals surface area contributed by atoms with Crippen LogP contribution in [0.15, 0.2) is 61.2 Å². The zero-order valence-electron chi connectivity index (χ0n) is 12.4. The molecular weight excluding hydrogens is 276 g/mol. The summed E-state index contributed by atoms with van der Waals surface area (Å²) < 4.78 is 5.48. The van der Waals surface area contributed by atoms with Crippen molar-refractivity contribution in [2.75, 3.05) is 11.9 Å². The second-order valence-electron chi connectivity index (χ2n) is 5.37. The summed E-state index contributed by atoms with van der Waals surface area (Å²) in [5.41, 5.74) is 1.80. The van der Waals surface area contributed by atoms with Crippen LogP contribution in [0, 0.1) is 0 Å². The zero-order chi connectivity index (χ0) is 15.6. The van der Waals surface area contributed by atoms with Crippen molar-refractivity contribution >= 4 is 11.6 Å². The Morgan fingerprint density at radius 2 is 1.86 bits per heavy atom. The first-order valence-electron chi connectivity index (χ1n) is 7.16. The smallest absolute Gasteiger partial charge is 0.255 e. The van der Waals surface area contributed by atoms with Gasteiger partial charge < -0.3 is 15.4 Å². The fourth-order valence-electron chi connectivity index (χ4n) is 2.57. The second kappa shape index (κ2) is 5.56. The molecular formula is C18H18N2O2. The lowest BCUT2D eigenvalue weighted by molar-refractivity contribution is 0.0906. The van der Waals surface area contributed by atoms with Gasteiger partial charge in [-0.3, -0.25) is 4.79 Å². The molecule has 0 spiro atoms. The molecule has 0 saturated heterocycles. The van der Waals surface area contributed by atoms with Gasteiger partial charge in [-0.1, -0.05) is 36.9 Å². The Kier molecular flexibility index (Phi) is 3.59. The molecule has 1 unspecified atom stereocenters. The molecule has 112 valence electrons. The van der Waals surface area contributed by atoms with Crippen LogP contribution in [-0.2, 0) is 5.66 Å². The highest BCUT2D eigenvalue weighted by atomic mass is 16.5. The molecule has 1 heterocycles.